The summed E-state index contributed by atoms with van der Waals surface area (Å²) in [5, 5.41) is 10.2. The highest BCUT2D eigenvalue weighted by Gasteiger charge is 2.34. The van der Waals surface area contributed by atoms with Crippen molar-refractivity contribution in [3.8, 4) is 0 Å². The van der Waals surface area contributed by atoms with Crippen molar-refractivity contribution in [1.82, 2.24) is 4.72 Å². The van der Waals surface area contributed by atoms with Gasteiger partial charge in [0.2, 0.25) is 10.0 Å². The second-order valence-electron chi connectivity index (χ2n) is 5.00. The topological polar surface area (TPSA) is 66.4 Å². The van der Waals surface area contributed by atoms with Crippen LogP contribution in [0, 0.1) is 0 Å². The molecule has 0 fully saturated rings. The van der Waals surface area contributed by atoms with E-state index >= 15 is 0 Å². The Labute approximate surface area is 132 Å². The molecule has 0 heterocycles. The zero-order chi connectivity index (χ0) is 15.0. The van der Waals surface area contributed by atoms with E-state index < -0.39 is 22.2 Å². The number of hydrogen-bond donors (Lipinski definition) is 2. The maximum Gasteiger partial charge on any atom is 0.242 e. The molecular formula is C15H14BrNO3S. The van der Waals surface area contributed by atoms with Crippen LogP contribution in [0.2, 0.25) is 0 Å². The summed E-state index contributed by atoms with van der Waals surface area (Å²) in [6.45, 7) is 0. The van der Waals surface area contributed by atoms with Gasteiger partial charge in [0.15, 0.2) is 0 Å². The summed E-state index contributed by atoms with van der Waals surface area (Å²) in [6, 6.07) is 13.5. The van der Waals surface area contributed by atoms with E-state index in [-0.39, 0.29) is 4.90 Å². The number of sulfonamides is 1. The first-order valence-corrected chi connectivity index (χ1v) is 8.79. The largest absolute Gasteiger partial charge is 0.391 e. The van der Waals surface area contributed by atoms with Gasteiger partial charge in [0.05, 0.1) is 17.0 Å². The lowest BCUT2D eigenvalue weighted by molar-refractivity contribution is 0.151. The number of rotatable bonds is 3. The summed E-state index contributed by atoms with van der Waals surface area (Å²) in [6.07, 6.45) is -0.293. The molecular weight excluding hydrogens is 354 g/mol. The summed E-state index contributed by atoms with van der Waals surface area (Å²) in [5.41, 5.74) is 1.81. The minimum Gasteiger partial charge on any atom is -0.391 e. The van der Waals surface area contributed by atoms with Gasteiger partial charge >= 0.3 is 0 Å². The van der Waals surface area contributed by atoms with Gasteiger partial charge in [-0.1, -0.05) is 36.4 Å². The maximum absolute atomic E-state index is 12.5. The Kier molecular flexibility index (Phi) is 3.88. The number of hydrogen-bond acceptors (Lipinski definition) is 3. The zero-order valence-corrected chi connectivity index (χ0v) is 13.4. The molecule has 2 atom stereocenters. The van der Waals surface area contributed by atoms with Gasteiger partial charge in [-0.2, -0.15) is 0 Å². The molecule has 3 rings (SSSR count). The Hall–Kier alpha value is -1.21. The molecule has 1 aliphatic carbocycles. The number of aliphatic hydroxyl groups is 1. The molecule has 2 aromatic rings. The Balaban J connectivity index is 1.95. The Morgan fingerprint density at radius 2 is 1.76 bits per heavy atom. The van der Waals surface area contributed by atoms with Crippen molar-refractivity contribution >= 4 is 26.0 Å². The quantitative estimate of drug-likeness (QED) is 0.874. The first-order chi connectivity index (χ1) is 9.99. The predicted octanol–water partition coefficient (Wildman–Crippen LogP) is 2.39. The molecule has 0 aliphatic heterocycles. The summed E-state index contributed by atoms with van der Waals surface area (Å²) < 4.78 is 28.1. The molecule has 0 amide bonds. The van der Waals surface area contributed by atoms with E-state index in [2.05, 4.69) is 20.7 Å². The number of benzene rings is 2. The van der Waals surface area contributed by atoms with Crippen LogP contribution in [-0.2, 0) is 16.4 Å². The lowest BCUT2D eigenvalue weighted by atomic mass is 10.1. The molecule has 0 spiro atoms. The van der Waals surface area contributed by atoms with Gasteiger partial charge in [0, 0.05) is 10.9 Å². The van der Waals surface area contributed by atoms with Gasteiger partial charge in [-0.05, 0) is 39.2 Å². The second-order valence-corrected chi connectivity index (χ2v) is 7.54. The average molecular weight is 368 g/mol. The lowest BCUT2D eigenvalue weighted by Crippen LogP contribution is -2.34. The molecule has 4 nitrogen and oxygen atoms in total. The maximum atomic E-state index is 12.5. The van der Waals surface area contributed by atoms with Crippen LogP contribution in [0.5, 0.6) is 0 Å². The normalized spacial score (nSPS) is 21.2. The van der Waals surface area contributed by atoms with Crippen molar-refractivity contribution < 1.29 is 13.5 Å². The minimum absolute atomic E-state index is 0.168. The fourth-order valence-electron chi connectivity index (χ4n) is 2.61. The minimum atomic E-state index is -3.71. The SMILES string of the molecule is O=S(=O)(N[C@@H]1c2ccccc2C[C@@H]1O)c1ccccc1Br. The Bertz CT molecular complexity index is 776. The van der Waals surface area contributed by atoms with Crippen LogP contribution in [0.15, 0.2) is 57.9 Å². The van der Waals surface area contributed by atoms with E-state index in [0.29, 0.717) is 10.9 Å². The van der Waals surface area contributed by atoms with Gasteiger partial charge in [0.25, 0.3) is 0 Å². The third-order valence-electron chi connectivity index (χ3n) is 3.61. The number of halogens is 1. The van der Waals surface area contributed by atoms with Gasteiger partial charge in [0.1, 0.15) is 0 Å². The van der Waals surface area contributed by atoms with Crippen molar-refractivity contribution in [2.24, 2.45) is 0 Å². The standard InChI is InChI=1S/C15H14BrNO3S/c16-12-7-3-4-8-14(12)21(19,20)17-15-11-6-2-1-5-10(11)9-13(15)18/h1-8,13,15,17-18H,9H2/t13-,15+/m0/s1. The third-order valence-corrected chi connectivity index (χ3v) is 6.07. The second kappa shape index (κ2) is 5.53. The van der Waals surface area contributed by atoms with Gasteiger partial charge in [-0.3, -0.25) is 0 Å². The van der Waals surface area contributed by atoms with Crippen molar-refractivity contribution in [1.29, 1.82) is 0 Å². The van der Waals surface area contributed by atoms with Crippen LogP contribution >= 0.6 is 15.9 Å². The molecule has 21 heavy (non-hydrogen) atoms. The van der Waals surface area contributed by atoms with Crippen molar-refractivity contribution in [3.63, 3.8) is 0 Å². The molecule has 0 saturated heterocycles. The summed E-state index contributed by atoms with van der Waals surface area (Å²) >= 11 is 3.25. The molecule has 2 aromatic carbocycles. The molecule has 0 aromatic heterocycles. The van der Waals surface area contributed by atoms with Gasteiger partial charge in [-0.15, -0.1) is 0 Å². The summed E-state index contributed by atoms with van der Waals surface area (Å²) in [7, 11) is -3.71. The van der Waals surface area contributed by atoms with E-state index in [1.807, 2.05) is 24.3 Å². The third kappa shape index (κ3) is 2.76. The van der Waals surface area contributed by atoms with E-state index in [1.54, 1.807) is 18.2 Å². The van der Waals surface area contributed by atoms with Crippen LogP contribution < -0.4 is 4.72 Å². The smallest absolute Gasteiger partial charge is 0.242 e. The van der Waals surface area contributed by atoms with Crippen molar-refractivity contribution in [2.75, 3.05) is 0 Å². The van der Waals surface area contributed by atoms with Crippen LogP contribution in [0.3, 0.4) is 0 Å². The number of nitrogens with one attached hydrogen (secondary N) is 1. The molecule has 0 saturated carbocycles. The molecule has 0 radical (unpaired) electrons. The lowest BCUT2D eigenvalue weighted by Gasteiger charge is -2.18. The molecule has 0 bridgehead atoms. The molecule has 6 heteroatoms. The first kappa shape index (κ1) is 14.7. The monoisotopic (exact) mass is 367 g/mol. The molecule has 110 valence electrons. The molecule has 2 N–H and O–H groups in total. The van der Waals surface area contributed by atoms with Crippen LogP contribution in [0.25, 0.3) is 0 Å². The summed E-state index contributed by atoms with van der Waals surface area (Å²) in [5.74, 6) is 0. The molecule has 0 unspecified atom stereocenters. The van der Waals surface area contributed by atoms with E-state index in [9.17, 15) is 13.5 Å². The fraction of sp³-hybridized carbons (Fsp3) is 0.200. The number of fused-ring (bicyclic) bond motifs is 1. The van der Waals surface area contributed by atoms with E-state index in [0.717, 1.165) is 11.1 Å². The van der Waals surface area contributed by atoms with E-state index in [4.69, 9.17) is 0 Å². The Morgan fingerprint density at radius 3 is 2.52 bits per heavy atom. The molecule has 1 aliphatic rings. The van der Waals surface area contributed by atoms with Crippen LogP contribution in [0.1, 0.15) is 17.2 Å². The summed E-state index contributed by atoms with van der Waals surface area (Å²) in [4.78, 5) is 0.168. The highest BCUT2D eigenvalue weighted by molar-refractivity contribution is 9.10. The van der Waals surface area contributed by atoms with Crippen LogP contribution in [-0.4, -0.2) is 19.6 Å². The zero-order valence-electron chi connectivity index (χ0n) is 11.0. The van der Waals surface area contributed by atoms with Gasteiger partial charge in [-0.25, -0.2) is 13.1 Å². The highest BCUT2D eigenvalue weighted by atomic mass is 79.9. The average Bonchev–Trinajstić information content (AvgIpc) is 2.75. The first-order valence-electron chi connectivity index (χ1n) is 6.52. The highest BCUT2D eigenvalue weighted by Crippen LogP contribution is 2.33. The predicted molar refractivity (Wildman–Crippen MR) is 83.4 cm³/mol. The van der Waals surface area contributed by atoms with Gasteiger partial charge < -0.3 is 5.11 Å². The van der Waals surface area contributed by atoms with Crippen molar-refractivity contribution in [3.05, 3.63) is 64.1 Å². The van der Waals surface area contributed by atoms with Crippen molar-refractivity contribution in [2.45, 2.75) is 23.5 Å². The Morgan fingerprint density at radius 1 is 1.10 bits per heavy atom. The fourth-order valence-corrected chi connectivity index (χ4v) is 4.86. The van der Waals surface area contributed by atoms with Crippen LogP contribution in [0.4, 0.5) is 0 Å². The number of aliphatic hydroxyl groups excluding tert-OH is 1. The van der Waals surface area contributed by atoms with E-state index in [1.165, 1.54) is 6.07 Å².